The summed E-state index contributed by atoms with van der Waals surface area (Å²) in [7, 11) is 0. The van der Waals surface area contributed by atoms with Crippen LogP contribution in [0.2, 0.25) is 0 Å². The lowest BCUT2D eigenvalue weighted by Crippen LogP contribution is -2.09. The fourth-order valence-corrected chi connectivity index (χ4v) is 3.26. The molecule has 0 radical (unpaired) electrons. The number of nitro groups is 1. The van der Waals surface area contributed by atoms with Gasteiger partial charge in [-0.2, -0.15) is 10.4 Å². The highest BCUT2D eigenvalue weighted by Crippen LogP contribution is 2.40. The molecule has 1 atom stereocenters. The smallest absolute Gasteiger partial charge is 0.294 e. The van der Waals surface area contributed by atoms with Crippen molar-refractivity contribution < 1.29 is 9.31 Å². The van der Waals surface area contributed by atoms with Crippen molar-refractivity contribution in [3.8, 4) is 6.07 Å². The van der Waals surface area contributed by atoms with Gasteiger partial charge in [0.15, 0.2) is 5.82 Å². The van der Waals surface area contributed by atoms with Crippen LogP contribution < -0.4 is 10.6 Å². The summed E-state index contributed by atoms with van der Waals surface area (Å²) in [4.78, 5) is 11.0. The molecule has 9 heteroatoms. The van der Waals surface area contributed by atoms with Crippen LogP contribution in [0.5, 0.6) is 0 Å². The summed E-state index contributed by atoms with van der Waals surface area (Å²) in [6.07, 6.45) is 2.21. The molecule has 1 aliphatic carbocycles. The van der Waals surface area contributed by atoms with Crippen LogP contribution in [0.1, 0.15) is 48.5 Å². The van der Waals surface area contributed by atoms with E-state index in [9.17, 15) is 19.8 Å². The number of halogens is 1. The Morgan fingerprint density at radius 1 is 1.27 bits per heavy atom. The number of H-pyrrole nitrogens is 1. The Kier molecular flexibility index (Phi) is 5.06. The zero-order valence-electron chi connectivity index (χ0n) is 16.1. The summed E-state index contributed by atoms with van der Waals surface area (Å²) < 4.78 is 13.2. The molecule has 0 bridgehead atoms. The number of rotatable bonds is 7. The van der Waals surface area contributed by atoms with E-state index < -0.39 is 4.92 Å². The lowest BCUT2D eigenvalue weighted by atomic mass is 10.1. The van der Waals surface area contributed by atoms with Crippen molar-refractivity contribution in [2.45, 2.75) is 31.7 Å². The molecule has 2 aromatic carbocycles. The highest BCUT2D eigenvalue weighted by molar-refractivity contribution is 5.77. The van der Waals surface area contributed by atoms with Gasteiger partial charge >= 0.3 is 0 Å². The second-order valence-corrected chi connectivity index (χ2v) is 7.31. The van der Waals surface area contributed by atoms with Gasteiger partial charge in [0.25, 0.3) is 5.69 Å². The van der Waals surface area contributed by atoms with Crippen LogP contribution in [0.25, 0.3) is 0 Å². The number of anilines is 3. The van der Waals surface area contributed by atoms with Crippen LogP contribution in [-0.2, 0) is 0 Å². The van der Waals surface area contributed by atoms with E-state index >= 15 is 0 Å². The van der Waals surface area contributed by atoms with E-state index in [1.807, 2.05) is 19.1 Å². The summed E-state index contributed by atoms with van der Waals surface area (Å²) in [5.74, 6) is 0.607. The standard InChI is InChI=1S/C21H19FN6O2/c1-12(13-4-6-16(22)7-5-13)24-17-9-19(20(28(29)30)8-15(17)11-23)25-21-10-18(26-27-21)14-2-3-14/h4-10,12,14,24H,2-3H2,1H3,(H2,25,26,27)/t12-/m0/s1. The summed E-state index contributed by atoms with van der Waals surface area (Å²) in [5, 5.41) is 34.4. The number of nitrogens with zero attached hydrogens (tertiary/aromatic N) is 3. The molecule has 1 aliphatic rings. The van der Waals surface area contributed by atoms with Crippen molar-refractivity contribution in [3.63, 3.8) is 0 Å². The molecule has 1 fully saturated rings. The molecule has 3 N–H and O–H groups in total. The van der Waals surface area contributed by atoms with Gasteiger partial charge < -0.3 is 10.6 Å². The van der Waals surface area contributed by atoms with Gasteiger partial charge in [0.1, 0.15) is 17.6 Å². The van der Waals surface area contributed by atoms with Gasteiger partial charge in [0.05, 0.1) is 16.2 Å². The van der Waals surface area contributed by atoms with Crippen molar-refractivity contribution >= 4 is 22.9 Å². The van der Waals surface area contributed by atoms with Gasteiger partial charge in [-0.25, -0.2) is 4.39 Å². The fraction of sp³-hybridized carbons (Fsp3) is 0.238. The maximum Gasteiger partial charge on any atom is 0.294 e. The van der Waals surface area contributed by atoms with Crippen molar-refractivity contribution in [3.05, 3.63) is 75.2 Å². The monoisotopic (exact) mass is 406 g/mol. The van der Waals surface area contributed by atoms with E-state index in [0.29, 0.717) is 17.4 Å². The minimum absolute atomic E-state index is 0.141. The third-order valence-corrected chi connectivity index (χ3v) is 5.07. The SMILES string of the molecule is C[C@H](Nc1cc(Nc2cc(C3CC3)[nH]n2)c([N+](=O)[O-])cc1C#N)c1ccc(F)cc1. The molecular formula is C21H19FN6O2. The molecule has 0 spiro atoms. The largest absolute Gasteiger partial charge is 0.377 e. The Morgan fingerprint density at radius 3 is 2.63 bits per heavy atom. The van der Waals surface area contributed by atoms with Gasteiger partial charge in [-0.3, -0.25) is 15.2 Å². The minimum atomic E-state index is -0.537. The molecule has 0 saturated heterocycles. The van der Waals surface area contributed by atoms with Crippen molar-refractivity contribution in [2.75, 3.05) is 10.6 Å². The summed E-state index contributed by atoms with van der Waals surface area (Å²) in [6.45, 7) is 1.86. The highest BCUT2D eigenvalue weighted by atomic mass is 19.1. The molecule has 1 heterocycles. The second kappa shape index (κ2) is 7.83. The molecule has 1 saturated carbocycles. The third-order valence-electron chi connectivity index (χ3n) is 5.07. The van der Waals surface area contributed by atoms with Crippen LogP contribution in [0.3, 0.4) is 0 Å². The number of nitro benzene ring substituents is 1. The first-order valence-electron chi connectivity index (χ1n) is 9.51. The maximum absolute atomic E-state index is 13.2. The average molecular weight is 406 g/mol. The van der Waals surface area contributed by atoms with E-state index in [1.165, 1.54) is 24.3 Å². The first kappa shape index (κ1) is 19.4. The number of hydrogen-bond donors (Lipinski definition) is 3. The van der Waals surface area contributed by atoms with Gasteiger partial charge in [-0.15, -0.1) is 0 Å². The number of aromatic nitrogens is 2. The van der Waals surface area contributed by atoms with E-state index in [2.05, 4.69) is 20.8 Å². The molecule has 4 rings (SSSR count). The van der Waals surface area contributed by atoms with Gasteiger partial charge in [-0.05, 0) is 43.5 Å². The van der Waals surface area contributed by atoms with E-state index in [-0.39, 0.29) is 28.8 Å². The molecule has 0 unspecified atom stereocenters. The zero-order chi connectivity index (χ0) is 21.3. The zero-order valence-corrected chi connectivity index (χ0v) is 16.1. The molecule has 8 nitrogen and oxygen atoms in total. The van der Waals surface area contributed by atoms with Crippen molar-refractivity contribution in [1.29, 1.82) is 5.26 Å². The Balaban J connectivity index is 1.65. The predicted molar refractivity (Wildman–Crippen MR) is 110 cm³/mol. The molecule has 0 amide bonds. The molecule has 1 aromatic heterocycles. The Hall–Kier alpha value is -3.93. The average Bonchev–Trinajstić information content (AvgIpc) is 3.47. The van der Waals surface area contributed by atoms with Crippen molar-refractivity contribution in [2.24, 2.45) is 0 Å². The van der Waals surface area contributed by atoms with Crippen LogP contribution in [0.15, 0.2) is 42.5 Å². The van der Waals surface area contributed by atoms with E-state index in [1.54, 1.807) is 12.1 Å². The quantitative estimate of drug-likeness (QED) is 0.370. The molecule has 3 aromatic rings. The Bertz CT molecular complexity index is 1130. The van der Waals surface area contributed by atoms with E-state index in [0.717, 1.165) is 24.1 Å². The van der Waals surface area contributed by atoms with Crippen LogP contribution in [0.4, 0.5) is 27.3 Å². The van der Waals surface area contributed by atoms with Crippen molar-refractivity contribution in [1.82, 2.24) is 10.2 Å². The molecule has 30 heavy (non-hydrogen) atoms. The second-order valence-electron chi connectivity index (χ2n) is 7.31. The fourth-order valence-electron chi connectivity index (χ4n) is 3.26. The first-order valence-corrected chi connectivity index (χ1v) is 9.51. The third kappa shape index (κ3) is 4.07. The van der Waals surface area contributed by atoms with Crippen LogP contribution >= 0.6 is 0 Å². The Morgan fingerprint density at radius 2 is 2.00 bits per heavy atom. The summed E-state index contributed by atoms with van der Waals surface area (Å²) >= 11 is 0. The maximum atomic E-state index is 13.2. The number of aromatic amines is 1. The van der Waals surface area contributed by atoms with Gasteiger partial charge in [0, 0.05) is 29.8 Å². The summed E-state index contributed by atoms with van der Waals surface area (Å²) in [6, 6.07) is 12.4. The van der Waals surface area contributed by atoms with Crippen LogP contribution in [0, 0.1) is 27.3 Å². The van der Waals surface area contributed by atoms with E-state index in [4.69, 9.17) is 0 Å². The Labute approximate surface area is 171 Å². The topological polar surface area (TPSA) is 120 Å². The van der Waals surface area contributed by atoms with Crippen LogP contribution in [-0.4, -0.2) is 15.1 Å². The predicted octanol–water partition coefficient (Wildman–Crippen LogP) is 5.12. The number of benzene rings is 2. The number of nitriles is 1. The molecule has 0 aliphatic heterocycles. The normalized spacial score (nSPS) is 14.0. The summed E-state index contributed by atoms with van der Waals surface area (Å²) in [5.41, 5.74) is 2.39. The highest BCUT2D eigenvalue weighted by Gasteiger charge is 2.26. The van der Waals surface area contributed by atoms with Gasteiger partial charge in [0.2, 0.25) is 0 Å². The molecule has 152 valence electrons. The molecular weight excluding hydrogens is 387 g/mol. The number of nitrogens with one attached hydrogen (secondary N) is 3. The minimum Gasteiger partial charge on any atom is -0.377 e. The number of hydrogen-bond acceptors (Lipinski definition) is 6. The lowest BCUT2D eigenvalue weighted by molar-refractivity contribution is -0.383. The first-order chi connectivity index (χ1) is 14.4. The van der Waals surface area contributed by atoms with Gasteiger partial charge in [-0.1, -0.05) is 12.1 Å². The lowest BCUT2D eigenvalue weighted by Gasteiger charge is -2.18.